The number of esters is 1. The molecule has 3 aliphatic heterocycles. The van der Waals surface area contributed by atoms with Crippen molar-refractivity contribution < 1.29 is 23.9 Å². The molecule has 3 rings (SSSR count). The molecule has 0 radical (unpaired) electrons. The minimum Gasteiger partial charge on any atom is -0.458 e. The topological polar surface area (TPSA) is 96.0 Å². The van der Waals surface area contributed by atoms with Gasteiger partial charge in [0, 0.05) is 30.5 Å². The number of rotatable bonds is 3. The highest BCUT2D eigenvalue weighted by Crippen LogP contribution is 2.38. The number of carbonyl (C=O) groups excluding carboxylic acids is 4. The highest BCUT2D eigenvalue weighted by atomic mass is 32.2. The van der Waals surface area contributed by atoms with Gasteiger partial charge in [0.15, 0.2) is 0 Å². The summed E-state index contributed by atoms with van der Waals surface area (Å²) in [5.74, 6) is -0.329. The van der Waals surface area contributed by atoms with Crippen LogP contribution < -0.4 is 5.32 Å². The van der Waals surface area contributed by atoms with Gasteiger partial charge in [0.1, 0.15) is 23.7 Å². The summed E-state index contributed by atoms with van der Waals surface area (Å²) < 4.78 is 5.33. The molecule has 0 aromatic heterocycles. The van der Waals surface area contributed by atoms with Gasteiger partial charge >= 0.3 is 5.97 Å². The molecule has 9 heteroatoms. The maximum Gasteiger partial charge on any atom is 0.328 e. The van der Waals surface area contributed by atoms with Crippen molar-refractivity contribution in [2.24, 2.45) is 0 Å². The Labute approximate surface area is 176 Å². The number of nitrogens with one attached hydrogen (secondary N) is 1. The van der Waals surface area contributed by atoms with Crippen LogP contribution in [0.4, 0.5) is 0 Å². The summed E-state index contributed by atoms with van der Waals surface area (Å²) in [5, 5.41) is 2.99. The van der Waals surface area contributed by atoms with E-state index in [0.29, 0.717) is 19.4 Å². The van der Waals surface area contributed by atoms with E-state index < -0.39 is 29.7 Å². The van der Waals surface area contributed by atoms with Crippen molar-refractivity contribution >= 4 is 35.5 Å². The van der Waals surface area contributed by atoms with E-state index in [4.69, 9.17) is 4.74 Å². The summed E-state index contributed by atoms with van der Waals surface area (Å²) in [7, 11) is 0. The molecule has 0 saturated carbocycles. The molecule has 0 unspecified atom stereocenters. The van der Waals surface area contributed by atoms with Gasteiger partial charge in [-0.05, 0) is 47.0 Å². The molecule has 3 heterocycles. The van der Waals surface area contributed by atoms with Crippen LogP contribution in [0.1, 0.15) is 53.9 Å². The number of ether oxygens (including phenoxy) is 1. The first-order valence-electron chi connectivity index (χ1n) is 10.2. The van der Waals surface area contributed by atoms with Gasteiger partial charge in [-0.15, -0.1) is 0 Å². The van der Waals surface area contributed by atoms with Gasteiger partial charge in [-0.25, -0.2) is 4.79 Å². The van der Waals surface area contributed by atoms with Crippen LogP contribution in [0.15, 0.2) is 0 Å². The molecule has 5 atom stereocenters. The summed E-state index contributed by atoms with van der Waals surface area (Å²) >= 11 is 1.78. The van der Waals surface area contributed by atoms with Crippen molar-refractivity contribution in [1.82, 2.24) is 15.1 Å². The molecule has 3 aliphatic rings. The van der Waals surface area contributed by atoms with Crippen LogP contribution in [0.2, 0.25) is 0 Å². The molecule has 3 saturated heterocycles. The van der Waals surface area contributed by atoms with Crippen LogP contribution in [0.5, 0.6) is 0 Å². The van der Waals surface area contributed by atoms with Gasteiger partial charge < -0.3 is 19.9 Å². The maximum absolute atomic E-state index is 13.3. The van der Waals surface area contributed by atoms with Crippen LogP contribution >= 0.6 is 11.8 Å². The van der Waals surface area contributed by atoms with E-state index in [1.165, 1.54) is 6.92 Å². The maximum atomic E-state index is 13.3. The molecule has 29 heavy (non-hydrogen) atoms. The van der Waals surface area contributed by atoms with E-state index in [9.17, 15) is 19.2 Å². The normalized spacial score (nSPS) is 30.3. The van der Waals surface area contributed by atoms with Gasteiger partial charge in [0.2, 0.25) is 17.7 Å². The summed E-state index contributed by atoms with van der Waals surface area (Å²) in [5.41, 5.74) is -0.639. The third kappa shape index (κ3) is 4.70. The monoisotopic (exact) mass is 425 g/mol. The van der Waals surface area contributed by atoms with E-state index in [0.717, 1.165) is 12.2 Å². The third-order valence-electron chi connectivity index (χ3n) is 5.66. The lowest BCUT2D eigenvalue weighted by atomic mass is 10.1. The lowest BCUT2D eigenvalue weighted by Crippen LogP contribution is -2.57. The number of likely N-dealkylation sites (tertiary alicyclic amines) is 1. The third-order valence-corrected chi connectivity index (χ3v) is 7.05. The Hall–Kier alpha value is -1.77. The Bertz CT molecular complexity index is 707. The lowest BCUT2D eigenvalue weighted by molar-refractivity contribution is -0.158. The van der Waals surface area contributed by atoms with Crippen molar-refractivity contribution in [2.45, 2.75) is 88.9 Å². The number of hydrogen-bond donors (Lipinski definition) is 1. The van der Waals surface area contributed by atoms with Gasteiger partial charge in [-0.3, -0.25) is 14.4 Å². The lowest BCUT2D eigenvalue weighted by Gasteiger charge is -2.35. The Morgan fingerprint density at radius 1 is 1.24 bits per heavy atom. The summed E-state index contributed by atoms with van der Waals surface area (Å²) in [4.78, 5) is 53.8. The highest BCUT2D eigenvalue weighted by molar-refractivity contribution is 8.00. The van der Waals surface area contributed by atoms with Crippen LogP contribution in [-0.4, -0.2) is 80.8 Å². The van der Waals surface area contributed by atoms with Gasteiger partial charge in [-0.2, -0.15) is 11.8 Å². The molecule has 8 nitrogen and oxygen atoms in total. The second-order valence-corrected chi connectivity index (χ2v) is 10.5. The Balaban J connectivity index is 1.72. The fourth-order valence-corrected chi connectivity index (χ4v) is 5.72. The minimum atomic E-state index is -0.801. The van der Waals surface area contributed by atoms with E-state index >= 15 is 0 Å². The first-order valence-corrected chi connectivity index (χ1v) is 11.3. The number of thioether (sulfide) groups is 1. The SMILES string of the molecule is CC(=O)N1C[C@@H]2C[C@H]1C(=O)N1[C@@H](CC[C@H]1C(=O)N[C@@H](C)C(=O)OC(C)(C)C)CS2. The van der Waals surface area contributed by atoms with Crippen molar-refractivity contribution in [3.05, 3.63) is 0 Å². The Kier molecular flexibility index (Phi) is 6.17. The second-order valence-electron chi connectivity index (χ2n) is 9.13. The Morgan fingerprint density at radius 3 is 2.55 bits per heavy atom. The minimum absolute atomic E-state index is 0.0164. The van der Waals surface area contributed by atoms with Crippen molar-refractivity contribution in [3.63, 3.8) is 0 Å². The highest BCUT2D eigenvalue weighted by Gasteiger charge is 2.49. The zero-order chi connectivity index (χ0) is 21.5. The van der Waals surface area contributed by atoms with E-state index in [2.05, 4.69) is 5.32 Å². The molecular weight excluding hydrogens is 394 g/mol. The smallest absolute Gasteiger partial charge is 0.328 e. The van der Waals surface area contributed by atoms with Crippen molar-refractivity contribution in [2.75, 3.05) is 12.3 Å². The first kappa shape index (κ1) is 21.9. The van der Waals surface area contributed by atoms with E-state index in [1.54, 1.807) is 49.3 Å². The van der Waals surface area contributed by atoms with Crippen LogP contribution in [-0.2, 0) is 23.9 Å². The average molecular weight is 426 g/mol. The molecule has 0 aliphatic carbocycles. The predicted octanol–water partition coefficient (Wildman–Crippen LogP) is 0.929. The van der Waals surface area contributed by atoms with Crippen molar-refractivity contribution in [1.29, 1.82) is 0 Å². The van der Waals surface area contributed by atoms with Gasteiger partial charge in [0.05, 0.1) is 0 Å². The molecule has 3 fully saturated rings. The van der Waals surface area contributed by atoms with E-state index in [1.807, 2.05) is 0 Å². The van der Waals surface area contributed by atoms with Gasteiger partial charge in [-0.1, -0.05) is 0 Å². The first-order chi connectivity index (χ1) is 13.5. The van der Waals surface area contributed by atoms with Crippen LogP contribution in [0.25, 0.3) is 0 Å². The number of hydrogen-bond acceptors (Lipinski definition) is 6. The summed E-state index contributed by atoms with van der Waals surface area (Å²) in [6, 6.07) is -1.93. The molecule has 0 aromatic rings. The van der Waals surface area contributed by atoms with Crippen LogP contribution in [0.3, 0.4) is 0 Å². The fraction of sp³-hybridized carbons (Fsp3) is 0.800. The number of fused-ring (bicyclic) bond motifs is 3. The quantitative estimate of drug-likeness (QED) is 0.676. The zero-order valence-electron chi connectivity index (χ0n) is 17.8. The van der Waals surface area contributed by atoms with Gasteiger partial charge in [0.25, 0.3) is 0 Å². The number of carbonyl (C=O) groups is 4. The molecule has 162 valence electrons. The molecule has 3 amide bonds. The predicted molar refractivity (Wildman–Crippen MR) is 109 cm³/mol. The number of amides is 3. The van der Waals surface area contributed by atoms with Crippen LogP contribution in [0, 0.1) is 0 Å². The van der Waals surface area contributed by atoms with E-state index in [-0.39, 0.29) is 29.0 Å². The Morgan fingerprint density at radius 2 is 1.93 bits per heavy atom. The standard InChI is InChI=1S/C20H31N3O5S/c1-11(19(27)28-20(3,4)5)21-17(25)15-7-6-13-10-29-14-8-16(18(26)23(13)15)22(9-14)12(2)24/h11,13-16H,6-10H2,1-5H3,(H,21,25)/t11-,13-,14-,15-,16-/m0/s1. The summed E-state index contributed by atoms with van der Waals surface area (Å²) in [6.45, 7) is 8.97. The molecular formula is C20H31N3O5S. The summed E-state index contributed by atoms with van der Waals surface area (Å²) in [6.07, 6.45) is 1.94. The fourth-order valence-electron chi connectivity index (χ4n) is 4.32. The molecule has 1 N–H and O–H groups in total. The van der Waals surface area contributed by atoms with Crippen molar-refractivity contribution in [3.8, 4) is 0 Å². The number of nitrogens with zero attached hydrogens (tertiary/aromatic N) is 2. The largest absolute Gasteiger partial charge is 0.458 e. The second kappa shape index (κ2) is 8.16. The zero-order valence-corrected chi connectivity index (χ0v) is 18.6. The average Bonchev–Trinajstić information content (AvgIpc) is 3.21. The molecule has 2 bridgehead atoms. The molecule has 0 spiro atoms. The molecule has 0 aromatic carbocycles.